The maximum Gasteiger partial charge on any atom is 0.407 e. The average Bonchev–Trinajstić information content (AvgIpc) is 3.32. The number of hydrogen-bond acceptors (Lipinski definition) is 5. The van der Waals surface area contributed by atoms with Gasteiger partial charge in [0, 0.05) is 12.3 Å². The van der Waals surface area contributed by atoms with E-state index >= 15 is 0 Å². The van der Waals surface area contributed by atoms with Crippen molar-refractivity contribution in [1.82, 2.24) is 5.32 Å². The van der Waals surface area contributed by atoms with E-state index in [0.29, 0.717) is 13.2 Å². The predicted molar refractivity (Wildman–Crippen MR) is 99.9 cm³/mol. The van der Waals surface area contributed by atoms with Gasteiger partial charge in [0.2, 0.25) is 0 Å². The number of benzene rings is 2. The third-order valence-corrected chi connectivity index (χ3v) is 5.05. The fourth-order valence-corrected chi connectivity index (χ4v) is 3.74. The summed E-state index contributed by atoms with van der Waals surface area (Å²) in [5, 5.41) is 11.7. The van der Waals surface area contributed by atoms with Crippen LogP contribution >= 0.6 is 0 Å². The Morgan fingerprint density at radius 1 is 1.04 bits per heavy atom. The summed E-state index contributed by atoms with van der Waals surface area (Å²) in [4.78, 5) is 23.7. The second kappa shape index (κ2) is 8.00. The number of carbonyl (C=O) groups is 2. The van der Waals surface area contributed by atoms with Gasteiger partial charge in [-0.25, -0.2) is 9.59 Å². The third-order valence-electron chi connectivity index (χ3n) is 5.05. The van der Waals surface area contributed by atoms with Crippen LogP contribution in [0.25, 0.3) is 11.1 Å². The van der Waals surface area contributed by atoms with Gasteiger partial charge in [-0.3, -0.25) is 0 Å². The Labute approximate surface area is 162 Å². The van der Waals surface area contributed by atoms with E-state index in [1.165, 1.54) is 0 Å². The standard InChI is InChI=1S/C21H21NO6/c23-20(24)18(11-19-26-9-10-27-19)22-21(25)28-12-17-15-7-3-1-5-13(15)14-6-2-4-8-16(14)17/h1-8,17-19H,9-12H2,(H,22,25)(H,23,24)/t18-/m0/s1. The Morgan fingerprint density at radius 3 is 2.18 bits per heavy atom. The van der Waals surface area contributed by atoms with Crippen molar-refractivity contribution in [3.63, 3.8) is 0 Å². The highest BCUT2D eigenvalue weighted by Gasteiger charge is 2.31. The first-order valence-electron chi connectivity index (χ1n) is 9.21. The van der Waals surface area contributed by atoms with Gasteiger partial charge in [-0.15, -0.1) is 0 Å². The molecule has 2 N–H and O–H groups in total. The van der Waals surface area contributed by atoms with Crippen LogP contribution in [0.3, 0.4) is 0 Å². The summed E-state index contributed by atoms with van der Waals surface area (Å²) in [6.07, 6.45) is -1.37. The van der Waals surface area contributed by atoms with Crippen LogP contribution in [-0.4, -0.2) is 49.3 Å². The van der Waals surface area contributed by atoms with Crippen LogP contribution in [0.15, 0.2) is 48.5 Å². The zero-order valence-electron chi connectivity index (χ0n) is 15.2. The van der Waals surface area contributed by atoms with E-state index in [2.05, 4.69) is 17.4 Å². The molecule has 0 aromatic heterocycles. The van der Waals surface area contributed by atoms with Crippen LogP contribution in [0.2, 0.25) is 0 Å². The molecule has 2 aromatic carbocycles. The number of alkyl carbamates (subject to hydrolysis) is 1. The quantitative estimate of drug-likeness (QED) is 0.797. The Hall–Kier alpha value is -2.90. The molecule has 1 amide bonds. The molecule has 7 heteroatoms. The van der Waals surface area contributed by atoms with Crippen molar-refractivity contribution in [2.24, 2.45) is 0 Å². The monoisotopic (exact) mass is 383 g/mol. The summed E-state index contributed by atoms with van der Waals surface area (Å²) in [5.41, 5.74) is 4.45. The van der Waals surface area contributed by atoms with Crippen molar-refractivity contribution in [2.45, 2.75) is 24.7 Å². The number of aliphatic carboxylic acids is 1. The highest BCUT2D eigenvalue weighted by atomic mass is 16.7. The number of carbonyl (C=O) groups excluding carboxylic acids is 1. The van der Waals surface area contributed by atoms with Crippen LogP contribution in [0.4, 0.5) is 4.79 Å². The van der Waals surface area contributed by atoms with Crippen LogP contribution in [0, 0.1) is 0 Å². The van der Waals surface area contributed by atoms with E-state index in [-0.39, 0.29) is 18.9 Å². The van der Waals surface area contributed by atoms with Gasteiger partial charge in [-0.1, -0.05) is 48.5 Å². The Morgan fingerprint density at radius 2 is 1.61 bits per heavy atom. The Kier molecular flexibility index (Phi) is 5.27. The number of rotatable bonds is 6. The van der Waals surface area contributed by atoms with E-state index in [4.69, 9.17) is 14.2 Å². The van der Waals surface area contributed by atoms with E-state index in [0.717, 1.165) is 22.3 Å². The molecule has 1 aliphatic carbocycles. The molecule has 2 aliphatic rings. The SMILES string of the molecule is O=C(N[C@@H](CC1OCCO1)C(=O)O)OCC1c2ccccc2-c2ccccc21. The van der Waals surface area contributed by atoms with Gasteiger partial charge in [-0.2, -0.15) is 0 Å². The molecule has 0 bridgehead atoms. The first-order chi connectivity index (χ1) is 13.6. The van der Waals surface area contributed by atoms with Crippen molar-refractivity contribution < 1.29 is 28.9 Å². The second-order valence-corrected chi connectivity index (χ2v) is 6.77. The van der Waals surface area contributed by atoms with Crippen molar-refractivity contribution in [3.8, 4) is 11.1 Å². The molecule has 1 saturated heterocycles. The normalized spacial score (nSPS) is 17.0. The van der Waals surface area contributed by atoms with Crippen molar-refractivity contribution in [3.05, 3.63) is 59.7 Å². The fraction of sp³-hybridized carbons (Fsp3) is 0.333. The van der Waals surface area contributed by atoms with Gasteiger partial charge < -0.3 is 24.6 Å². The van der Waals surface area contributed by atoms with E-state index in [9.17, 15) is 14.7 Å². The van der Waals surface area contributed by atoms with E-state index in [1.54, 1.807) is 0 Å². The summed E-state index contributed by atoms with van der Waals surface area (Å²) in [6.45, 7) is 0.965. The van der Waals surface area contributed by atoms with Gasteiger partial charge >= 0.3 is 12.1 Å². The number of carboxylic acid groups (broad SMARTS) is 1. The summed E-state index contributed by atoms with van der Waals surface area (Å²) in [7, 11) is 0. The molecule has 0 saturated carbocycles. The third kappa shape index (κ3) is 3.72. The smallest absolute Gasteiger partial charge is 0.407 e. The van der Waals surface area contributed by atoms with E-state index in [1.807, 2.05) is 36.4 Å². The minimum absolute atomic E-state index is 0.0273. The number of ether oxygens (including phenoxy) is 3. The molecule has 28 heavy (non-hydrogen) atoms. The van der Waals surface area contributed by atoms with Crippen LogP contribution in [-0.2, 0) is 19.0 Å². The average molecular weight is 383 g/mol. The number of carboxylic acids is 1. The summed E-state index contributed by atoms with van der Waals surface area (Å²) in [6, 6.07) is 14.9. The summed E-state index contributed by atoms with van der Waals surface area (Å²) < 4.78 is 15.9. The minimum Gasteiger partial charge on any atom is -0.480 e. The predicted octanol–water partition coefficient (Wildman–Crippen LogP) is 2.74. The van der Waals surface area contributed by atoms with Gasteiger partial charge in [-0.05, 0) is 22.3 Å². The Bertz CT molecular complexity index is 831. The summed E-state index contributed by atoms with van der Waals surface area (Å²) >= 11 is 0. The molecule has 1 aliphatic heterocycles. The molecular weight excluding hydrogens is 362 g/mol. The molecule has 1 heterocycles. The number of fused-ring (bicyclic) bond motifs is 3. The Balaban J connectivity index is 1.41. The maximum absolute atomic E-state index is 12.2. The fourth-order valence-electron chi connectivity index (χ4n) is 3.74. The van der Waals surface area contributed by atoms with Crippen LogP contribution in [0.1, 0.15) is 23.5 Å². The van der Waals surface area contributed by atoms with E-state index < -0.39 is 24.4 Å². The number of hydrogen-bond donors (Lipinski definition) is 2. The largest absolute Gasteiger partial charge is 0.480 e. The molecule has 2 aromatic rings. The topological polar surface area (TPSA) is 94.1 Å². The van der Waals surface area contributed by atoms with Crippen molar-refractivity contribution in [1.29, 1.82) is 0 Å². The van der Waals surface area contributed by atoms with Crippen LogP contribution < -0.4 is 5.32 Å². The van der Waals surface area contributed by atoms with Crippen molar-refractivity contribution in [2.75, 3.05) is 19.8 Å². The second-order valence-electron chi connectivity index (χ2n) is 6.77. The first kappa shape index (κ1) is 18.5. The molecule has 0 radical (unpaired) electrons. The van der Waals surface area contributed by atoms with Gasteiger partial charge in [0.05, 0.1) is 13.2 Å². The molecule has 0 spiro atoms. The molecule has 1 atom stereocenters. The molecular formula is C21H21NO6. The molecule has 4 rings (SSSR count). The molecule has 7 nitrogen and oxygen atoms in total. The highest BCUT2D eigenvalue weighted by molar-refractivity contribution is 5.81. The maximum atomic E-state index is 12.2. The summed E-state index contributed by atoms with van der Waals surface area (Å²) in [5.74, 6) is -1.24. The lowest BCUT2D eigenvalue weighted by atomic mass is 9.98. The van der Waals surface area contributed by atoms with Crippen molar-refractivity contribution >= 4 is 12.1 Å². The number of nitrogens with one attached hydrogen (secondary N) is 1. The molecule has 1 fully saturated rings. The first-order valence-corrected chi connectivity index (χ1v) is 9.21. The lowest BCUT2D eigenvalue weighted by Crippen LogP contribution is -2.43. The minimum atomic E-state index is -1.16. The van der Waals surface area contributed by atoms with Gasteiger partial charge in [0.25, 0.3) is 0 Å². The highest BCUT2D eigenvalue weighted by Crippen LogP contribution is 2.44. The zero-order valence-corrected chi connectivity index (χ0v) is 15.2. The molecule has 146 valence electrons. The lowest BCUT2D eigenvalue weighted by Gasteiger charge is -2.19. The van der Waals surface area contributed by atoms with Crippen LogP contribution in [0.5, 0.6) is 0 Å². The van der Waals surface area contributed by atoms with Gasteiger partial charge in [0.15, 0.2) is 6.29 Å². The zero-order chi connectivity index (χ0) is 19.5. The molecule has 0 unspecified atom stereocenters. The van der Waals surface area contributed by atoms with Gasteiger partial charge in [0.1, 0.15) is 12.6 Å². The lowest BCUT2D eigenvalue weighted by molar-refractivity contribution is -0.142. The number of amides is 1.